The summed E-state index contributed by atoms with van der Waals surface area (Å²) in [5, 5.41) is 17.5. The summed E-state index contributed by atoms with van der Waals surface area (Å²) in [7, 11) is 0. The molecule has 0 aliphatic rings. The van der Waals surface area contributed by atoms with E-state index < -0.39 is 6.04 Å². The predicted octanol–water partition coefficient (Wildman–Crippen LogP) is -0.221. The van der Waals surface area contributed by atoms with Crippen LogP contribution in [0.15, 0.2) is 18.3 Å². The van der Waals surface area contributed by atoms with Gasteiger partial charge in [0.05, 0.1) is 24.5 Å². The SMILES string of the molecule is N[C@H](CO)c1ccc(O)cn1. The maximum atomic E-state index is 8.85. The van der Waals surface area contributed by atoms with E-state index in [-0.39, 0.29) is 12.4 Å². The molecule has 4 N–H and O–H groups in total. The van der Waals surface area contributed by atoms with E-state index in [1.165, 1.54) is 12.3 Å². The van der Waals surface area contributed by atoms with Crippen LogP contribution in [0.3, 0.4) is 0 Å². The second kappa shape index (κ2) is 3.32. The molecule has 4 nitrogen and oxygen atoms in total. The lowest BCUT2D eigenvalue weighted by molar-refractivity contribution is 0.265. The molecule has 0 spiro atoms. The molecule has 11 heavy (non-hydrogen) atoms. The van der Waals surface area contributed by atoms with Crippen LogP contribution < -0.4 is 5.73 Å². The van der Waals surface area contributed by atoms with Gasteiger partial charge in [0, 0.05) is 0 Å². The molecule has 0 saturated carbocycles. The lowest BCUT2D eigenvalue weighted by atomic mass is 10.2. The normalized spacial score (nSPS) is 12.9. The van der Waals surface area contributed by atoms with E-state index in [0.29, 0.717) is 5.69 Å². The Morgan fingerprint density at radius 3 is 2.73 bits per heavy atom. The summed E-state index contributed by atoms with van der Waals surface area (Å²) < 4.78 is 0. The average molecular weight is 154 g/mol. The molecule has 4 heteroatoms. The number of nitrogens with zero attached hydrogens (tertiary/aromatic N) is 1. The minimum absolute atomic E-state index is 0.0962. The Balaban J connectivity index is 2.81. The van der Waals surface area contributed by atoms with E-state index >= 15 is 0 Å². The van der Waals surface area contributed by atoms with Crippen molar-refractivity contribution in [3.8, 4) is 5.75 Å². The highest BCUT2D eigenvalue weighted by Crippen LogP contribution is 2.10. The van der Waals surface area contributed by atoms with Gasteiger partial charge in [-0.2, -0.15) is 0 Å². The second-order valence-electron chi connectivity index (χ2n) is 2.23. The fraction of sp³-hybridized carbons (Fsp3) is 0.286. The Bertz CT molecular complexity index is 222. The fourth-order valence-corrected chi connectivity index (χ4v) is 0.710. The molecule has 0 aliphatic heterocycles. The molecule has 0 fully saturated rings. The maximum absolute atomic E-state index is 8.85. The molecule has 1 atom stereocenters. The summed E-state index contributed by atoms with van der Waals surface area (Å²) in [6.07, 6.45) is 1.30. The summed E-state index contributed by atoms with van der Waals surface area (Å²) in [6, 6.07) is 2.60. The van der Waals surface area contributed by atoms with Gasteiger partial charge in [-0.05, 0) is 12.1 Å². The van der Waals surface area contributed by atoms with Crippen molar-refractivity contribution in [3.05, 3.63) is 24.0 Å². The van der Waals surface area contributed by atoms with Crippen LogP contribution in [-0.4, -0.2) is 21.8 Å². The molecule has 0 amide bonds. The number of aromatic nitrogens is 1. The van der Waals surface area contributed by atoms with Crippen LogP contribution >= 0.6 is 0 Å². The number of aromatic hydroxyl groups is 1. The smallest absolute Gasteiger partial charge is 0.133 e. The molecule has 1 aromatic heterocycles. The van der Waals surface area contributed by atoms with Crippen molar-refractivity contribution < 1.29 is 10.2 Å². The summed E-state index contributed by atoms with van der Waals surface area (Å²) in [4.78, 5) is 3.81. The summed E-state index contributed by atoms with van der Waals surface area (Å²) in [6.45, 7) is -0.141. The molecular weight excluding hydrogens is 144 g/mol. The van der Waals surface area contributed by atoms with Crippen molar-refractivity contribution in [2.24, 2.45) is 5.73 Å². The highest BCUT2D eigenvalue weighted by Gasteiger charge is 2.04. The first-order valence-corrected chi connectivity index (χ1v) is 3.25. The first-order valence-electron chi connectivity index (χ1n) is 3.25. The highest BCUT2D eigenvalue weighted by atomic mass is 16.3. The van der Waals surface area contributed by atoms with E-state index in [0.717, 1.165) is 0 Å². The van der Waals surface area contributed by atoms with Gasteiger partial charge in [-0.15, -0.1) is 0 Å². The van der Waals surface area contributed by atoms with Crippen LogP contribution in [0.5, 0.6) is 5.75 Å². The van der Waals surface area contributed by atoms with Gasteiger partial charge in [-0.3, -0.25) is 4.98 Å². The molecular formula is C7H10N2O2. The molecule has 1 rings (SSSR count). The minimum Gasteiger partial charge on any atom is -0.506 e. The van der Waals surface area contributed by atoms with Crippen molar-refractivity contribution in [1.29, 1.82) is 0 Å². The molecule has 1 aromatic rings. The van der Waals surface area contributed by atoms with Crippen LogP contribution in [0.1, 0.15) is 11.7 Å². The number of hydrogen-bond donors (Lipinski definition) is 3. The Hall–Kier alpha value is -1.13. The van der Waals surface area contributed by atoms with E-state index in [9.17, 15) is 0 Å². The third-order valence-corrected chi connectivity index (χ3v) is 1.35. The number of nitrogens with two attached hydrogens (primary N) is 1. The zero-order chi connectivity index (χ0) is 8.27. The number of aliphatic hydroxyl groups excluding tert-OH is 1. The van der Waals surface area contributed by atoms with Gasteiger partial charge in [0.25, 0.3) is 0 Å². The van der Waals surface area contributed by atoms with Gasteiger partial charge >= 0.3 is 0 Å². The molecule has 0 aliphatic carbocycles. The van der Waals surface area contributed by atoms with Crippen LogP contribution in [-0.2, 0) is 0 Å². The second-order valence-corrected chi connectivity index (χ2v) is 2.23. The zero-order valence-electron chi connectivity index (χ0n) is 5.94. The summed E-state index contributed by atoms with van der Waals surface area (Å²) >= 11 is 0. The number of rotatable bonds is 2. The topological polar surface area (TPSA) is 79.4 Å². The van der Waals surface area contributed by atoms with Crippen molar-refractivity contribution in [2.45, 2.75) is 6.04 Å². The van der Waals surface area contributed by atoms with Gasteiger partial charge in [0.15, 0.2) is 0 Å². The van der Waals surface area contributed by atoms with Crippen LogP contribution in [0, 0.1) is 0 Å². The Morgan fingerprint density at radius 2 is 2.27 bits per heavy atom. The van der Waals surface area contributed by atoms with Gasteiger partial charge in [0.1, 0.15) is 5.75 Å². The van der Waals surface area contributed by atoms with Crippen molar-refractivity contribution in [2.75, 3.05) is 6.61 Å². The first-order chi connectivity index (χ1) is 5.24. The van der Waals surface area contributed by atoms with E-state index in [1.807, 2.05) is 0 Å². The van der Waals surface area contributed by atoms with Crippen molar-refractivity contribution in [3.63, 3.8) is 0 Å². The molecule has 0 bridgehead atoms. The number of pyridine rings is 1. The Kier molecular flexibility index (Phi) is 2.40. The standard InChI is InChI=1S/C7H10N2O2/c8-6(4-10)7-2-1-5(11)3-9-7/h1-3,6,10-11H,4,8H2/t6-/m1/s1. The number of aliphatic hydroxyl groups is 1. The molecule has 0 unspecified atom stereocenters. The first kappa shape index (κ1) is 7.97. The fourth-order valence-electron chi connectivity index (χ4n) is 0.710. The van der Waals surface area contributed by atoms with Crippen molar-refractivity contribution >= 4 is 0 Å². The van der Waals surface area contributed by atoms with Crippen molar-refractivity contribution in [1.82, 2.24) is 4.98 Å². The van der Waals surface area contributed by atoms with Gasteiger partial charge in [-0.1, -0.05) is 0 Å². The minimum atomic E-state index is -0.462. The Morgan fingerprint density at radius 1 is 1.55 bits per heavy atom. The lowest BCUT2D eigenvalue weighted by Gasteiger charge is -2.05. The molecule has 0 radical (unpaired) electrons. The van der Waals surface area contributed by atoms with E-state index in [4.69, 9.17) is 15.9 Å². The molecule has 60 valence electrons. The van der Waals surface area contributed by atoms with Gasteiger partial charge in [-0.25, -0.2) is 0 Å². The van der Waals surface area contributed by atoms with E-state index in [1.54, 1.807) is 6.07 Å². The maximum Gasteiger partial charge on any atom is 0.133 e. The molecule has 0 saturated heterocycles. The largest absolute Gasteiger partial charge is 0.506 e. The zero-order valence-corrected chi connectivity index (χ0v) is 5.94. The lowest BCUT2D eigenvalue weighted by Crippen LogP contribution is -2.15. The predicted molar refractivity (Wildman–Crippen MR) is 39.9 cm³/mol. The monoisotopic (exact) mass is 154 g/mol. The molecule has 1 heterocycles. The summed E-state index contributed by atoms with van der Waals surface area (Å²) in [5.41, 5.74) is 6.02. The van der Waals surface area contributed by atoms with Crippen LogP contribution in [0.4, 0.5) is 0 Å². The van der Waals surface area contributed by atoms with Crippen LogP contribution in [0.2, 0.25) is 0 Å². The van der Waals surface area contributed by atoms with Crippen LogP contribution in [0.25, 0.3) is 0 Å². The van der Waals surface area contributed by atoms with Gasteiger partial charge < -0.3 is 15.9 Å². The molecule has 0 aromatic carbocycles. The third kappa shape index (κ3) is 1.89. The highest BCUT2D eigenvalue weighted by molar-refractivity contribution is 5.19. The quantitative estimate of drug-likeness (QED) is 0.550. The Labute approximate surface area is 64.3 Å². The average Bonchev–Trinajstić information content (AvgIpc) is 2.05. The summed E-state index contributed by atoms with van der Waals surface area (Å²) in [5.74, 6) is 0.0962. The van der Waals surface area contributed by atoms with Gasteiger partial charge in [0.2, 0.25) is 0 Å². The number of hydrogen-bond acceptors (Lipinski definition) is 4. The third-order valence-electron chi connectivity index (χ3n) is 1.35. The van der Waals surface area contributed by atoms with E-state index in [2.05, 4.69) is 4.98 Å².